The lowest BCUT2D eigenvalue weighted by Crippen LogP contribution is -2.14. The van der Waals surface area contributed by atoms with Gasteiger partial charge >= 0.3 is 0 Å². The van der Waals surface area contributed by atoms with Gasteiger partial charge < -0.3 is 5.11 Å². The van der Waals surface area contributed by atoms with Gasteiger partial charge in [-0.1, -0.05) is 41.9 Å². The van der Waals surface area contributed by atoms with Crippen LogP contribution >= 0.6 is 11.6 Å². The summed E-state index contributed by atoms with van der Waals surface area (Å²) in [7, 11) is 0. The molecular weight excluding hydrogens is 290 g/mol. The first-order valence-electron chi connectivity index (χ1n) is 6.16. The Morgan fingerprint density at radius 1 is 1.14 bits per heavy atom. The second-order valence-corrected chi connectivity index (χ2v) is 4.73. The maximum Gasteiger partial charge on any atom is 0.261 e. The number of amides is 1. The molecule has 104 valence electrons. The van der Waals surface area contributed by atoms with Gasteiger partial charge in [-0.05, 0) is 17.5 Å². The third-order valence-corrected chi connectivity index (χ3v) is 3.20. The maximum atomic E-state index is 12.2. The number of aromatic nitrogens is 2. The van der Waals surface area contributed by atoms with Gasteiger partial charge in [0.15, 0.2) is 0 Å². The molecule has 1 heterocycles. The van der Waals surface area contributed by atoms with Gasteiger partial charge in [0.25, 0.3) is 5.91 Å². The number of aromatic hydroxyl groups is 1. The van der Waals surface area contributed by atoms with Crippen molar-refractivity contribution in [3.8, 4) is 5.75 Å². The van der Waals surface area contributed by atoms with Crippen LogP contribution < -0.4 is 5.32 Å². The van der Waals surface area contributed by atoms with Crippen LogP contribution in [0.2, 0.25) is 5.15 Å². The molecule has 2 N–H and O–H groups in total. The van der Waals surface area contributed by atoms with Crippen LogP contribution in [-0.2, 0) is 0 Å². The van der Waals surface area contributed by atoms with Gasteiger partial charge in [-0.2, -0.15) is 0 Å². The van der Waals surface area contributed by atoms with Crippen molar-refractivity contribution in [3.63, 3.8) is 0 Å². The van der Waals surface area contributed by atoms with Gasteiger partial charge in [-0.25, -0.2) is 9.97 Å². The molecule has 3 rings (SSSR count). The Morgan fingerprint density at radius 3 is 2.76 bits per heavy atom. The average Bonchev–Trinajstić information content (AvgIpc) is 2.48. The number of anilines is 1. The summed E-state index contributed by atoms with van der Waals surface area (Å²) in [6.45, 7) is 0. The zero-order chi connectivity index (χ0) is 14.8. The van der Waals surface area contributed by atoms with E-state index in [-0.39, 0.29) is 22.4 Å². The van der Waals surface area contributed by atoms with Crippen LogP contribution in [0.4, 0.5) is 5.95 Å². The first-order chi connectivity index (χ1) is 10.1. The largest absolute Gasteiger partial charge is 0.506 e. The molecule has 0 saturated heterocycles. The Bertz CT molecular complexity index is 836. The first-order valence-corrected chi connectivity index (χ1v) is 6.53. The van der Waals surface area contributed by atoms with Crippen molar-refractivity contribution in [1.29, 1.82) is 0 Å². The minimum absolute atomic E-state index is 0.0763. The molecule has 0 saturated carbocycles. The van der Waals surface area contributed by atoms with E-state index < -0.39 is 5.91 Å². The monoisotopic (exact) mass is 299 g/mol. The van der Waals surface area contributed by atoms with Crippen molar-refractivity contribution in [3.05, 3.63) is 59.4 Å². The molecule has 21 heavy (non-hydrogen) atoms. The van der Waals surface area contributed by atoms with Gasteiger partial charge in [-0.3, -0.25) is 10.1 Å². The minimum Gasteiger partial charge on any atom is -0.506 e. The number of nitrogens with one attached hydrogen (secondary N) is 1. The molecule has 0 aliphatic heterocycles. The normalized spacial score (nSPS) is 10.5. The molecule has 5 nitrogen and oxygen atoms in total. The van der Waals surface area contributed by atoms with E-state index in [9.17, 15) is 9.90 Å². The summed E-state index contributed by atoms with van der Waals surface area (Å²) in [5.41, 5.74) is 0.150. The van der Waals surface area contributed by atoms with E-state index in [0.29, 0.717) is 5.39 Å². The lowest BCUT2D eigenvalue weighted by atomic mass is 10.0. The molecule has 1 amide bonds. The van der Waals surface area contributed by atoms with Crippen molar-refractivity contribution in [2.24, 2.45) is 0 Å². The topological polar surface area (TPSA) is 75.1 Å². The molecule has 0 unspecified atom stereocenters. The Balaban J connectivity index is 1.96. The van der Waals surface area contributed by atoms with E-state index in [1.54, 1.807) is 24.3 Å². The van der Waals surface area contributed by atoms with Crippen LogP contribution in [0.1, 0.15) is 10.4 Å². The molecule has 0 radical (unpaired) electrons. The van der Waals surface area contributed by atoms with Gasteiger partial charge in [-0.15, -0.1) is 0 Å². The van der Waals surface area contributed by atoms with Crippen LogP contribution in [0.3, 0.4) is 0 Å². The number of phenols is 1. The summed E-state index contributed by atoms with van der Waals surface area (Å²) in [6.07, 6.45) is 1.44. The second-order valence-electron chi connectivity index (χ2n) is 4.34. The Hall–Kier alpha value is -2.66. The molecule has 0 aliphatic carbocycles. The number of carbonyl (C=O) groups excluding carboxylic acids is 1. The summed E-state index contributed by atoms with van der Waals surface area (Å²) in [5, 5.41) is 14.4. The molecule has 0 fully saturated rings. The number of fused-ring (bicyclic) bond motifs is 1. The SMILES string of the molecule is O=C(Nc1nccc(Cl)n1)c1ccc2ccccc2c1O. The summed E-state index contributed by atoms with van der Waals surface area (Å²) in [4.78, 5) is 20.0. The third-order valence-electron chi connectivity index (χ3n) is 2.99. The zero-order valence-electron chi connectivity index (χ0n) is 10.7. The van der Waals surface area contributed by atoms with Crippen molar-refractivity contribution in [2.45, 2.75) is 0 Å². The number of benzene rings is 2. The average molecular weight is 300 g/mol. The highest BCUT2D eigenvalue weighted by Crippen LogP contribution is 2.28. The zero-order valence-corrected chi connectivity index (χ0v) is 11.5. The predicted molar refractivity (Wildman–Crippen MR) is 80.6 cm³/mol. The van der Waals surface area contributed by atoms with Crippen LogP contribution in [0, 0.1) is 0 Å². The Labute approximate surface area is 125 Å². The fourth-order valence-electron chi connectivity index (χ4n) is 2.00. The van der Waals surface area contributed by atoms with Crippen molar-refractivity contribution in [1.82, 2.24) is 9.97 Å². The number of phenolic OH excluding ortho intramolecular Hbond substituents is 1. The number of rotatable bonds is 2. The van der Waals surface area contributed by atoms with E-state index in [2.05, 4.69) is 15.3 Å². The van der Waals surface area contributed by atoms with Crippen LogP contribution in [-0.4, -0.2) is 21.0 Å². The number of hydrogen-bond donors (Lipinski definition) is 2. The molecule has 2 aromatic carbocycles. The molecule has 6 heteroatoms. The number of nitrogens with zero attached hydrogens (tertiary/aromatic N) is 2. The summed E-state index contributed by atoms with van der Waals surface area (Å²) >= 11 is 5.73. The molecule has 0 atom stereocenters. The highest BCUT2D eigenvalue weighted by molar-refractivity contribution is 6.29. The first kappa shape index (κ1) is 13.3. The van der Waals surface area contributed by atoms with E-state index in [1.165, 1.54) is 12.3 Å². The van der Waals surface area contributed by atoms with Gasteiger partial charge in [0.2, 0.25) is 5.95 Å². The van der Waals surface area contributed by atoms with E-state index in [0.717, 1.165) is 5.39 Å². The molecule has 0 spiro atoms. The molecule has 3 aromatic rings. The quantitative estimate of drug-likeness (QED) is 0.712. The standard InChI is InChI=1S/C15H10ClN3O2/c16-12-7-8-17-15(18-12)19-14(21)11-6-5-9-3-1-2-4-10(9)13(11)20/h1-8,20H,(H,17,18,19,21). The van der Waals surface area contributed by atoms with E-state index >= 15 is 0 Å². The van der Waals surface area contributed by atoms with Crippen molar-refractivity contribution >= 4 is 34.2 Å². The van der Waals surface area contributed by atoms with Gasteiger partial charge in [0.1, 0.15) is 10.9 Å². The third kappa shape index (κ3) is 2.64. The second kappa shape index (κ2) is 5.38. The van der Waals surface area contributed by atoms with Crippen molar-refractivity contribution in [2.75, 3.05) is 5.32 Å². The van der Waals surface area contributed by atoms with Crippen LogP contribution in [0.25, 0.3) is 10.8 Å². The van der Waals surface area contributed by atoms with Crippen LogP contribution in [0.5, 0.6) is 5.75 Å². The molecule has 1 aromatic heterocycles. The molecule has 0 aliphatic rings. The fraction of sp³-hybridized carbons (Fsp3) is 0. The van der Waals surface area contributed by atoms with Gasteiger partial charge in [0, 0.05) is 11.6 Å². The number of carbonyl (C=O) groups is 1. The number of hydrogen-bond acceptors (Lipinski definition) is 4. The summed E-state index contributed by atoms with van der Waals surface area (Å²) in [6, 6.07) is 12.1. The Morgan fingerprint density at radius 2 is 1.95 bits per heavy atom. The lowest BCUT2D eigenvalue weighted by Gasteiger charge is -2.08. The summed E-state index contributed by atoms with van der Waals surface area (Å²) < 4.78 is 0. The van der Waals surface area contributed by atoms with Crippen molar-refractivity contribution < 1.29 is 9.90 Å². The highest BCUT2D eigenvalue weighted by atomic mass is 35.5. The minimum atomic E-state index is -0.500. The smallest absolute Gasteiger partial charge is 0.261 e. The van der Waals surface area contributed by atoms with E-state index in [4.69, 9.17) is 11.6 Å². The molecule has 0 bridgehead atoms. The maximum absolute atomic E-state index is 12.2. The predicted octanol–water partition coefficient (Wildman–Crippen LogP) is 3.24. The number of halogens is 1. The fourth-order valence-corrected chi connectivity index (χ4v) is 2.14. The highest BCUT2D eigenvalue weighted by Gasteiger charge is 2.14. The van der Waals surface area contributed by atoms with Crippen LogP contribution in [0.15, 0.2) is 48.7 Å². The van der Waals surface area contributed by atoms with E-state index in [1.807, 2.05) is 12.1 Å². The summed E-state index contributed by atoms with van der Waals surface area (Å²) in [5.74, 6) is -0.492. The Kier molecular flexibility index (Phi) is 3.41. The molecular formula is C15H10ClN3O2. The lowest BCUT2D eigenvalue weighted by molar-refractivity contribution is 0.102. The van der Waals surface area contributed by atoms with Gasteiger partial charge in [0.05, 0.1) is 5.56 Å².